The molecule has 2 aliphatic heterocycles. The molecule has 0 fully saturated rings. The maximum absolute atomic E-state index is 12.8. The van der Waals surface area contributed by atoms with Crippen LogP contribution in [0.5, 0.6) is 11.5 Å². The number of hydrogen-bond acceptors (Lipinski definition) is 8. The van der Waals surface area contributed by atoms with Crippen LogP contribution in [0.4, 0.5) is 4.79 Å². The van der Waals surface area contributed by atoms with Crippen LogP contribution < -0.4 is 14.8 Å². The second-order valence-electron chi connectivity index (χ2n) is 8.43. The van der Waals surface area contributed by atoms with E-state index in [1.807, 2.05) is 24.3 Å². The van der Waals surface area contributed by atoms with Gasteiger partial charge in [0.05, 0.1) is 38.1 Å². The summed E-state index contributed by atoms with van der Waals surface area (Å²) in [5.74, 6) is 0.822. The highest BCUT2D eigenvalue weighted by molar-refractivity contribution is 8.04. The molecule has 36 heavy (non-hydrogen) atoms. The molecule has 9 nitrogen and oxygen atoms in total. The first-order valence-corrected chi connectivity index (χ1v) is 12.5. The number of carbonyl (C=O) groups excluding carboxylic acids is 2. The summed E-state index contributed by atoms with van der Waals surface area (Å²) in [7, 11) is 3.18. The molecule has 0 saturated carbocycles. The van der Waals surface area contributed by atoms with E-state index in [1.165, 1.54) is 11.8 Å². The fraction of sp³-hybridized carbons (Fsp3) is 0.385. The van der Waals surface area contributed by atoms with E-state index in [-0.39, 0.29) is 24.3 Å². The molecule has 0 spiro atoms. The molecule has 2 aromatic rings. The van der Waals surface area contributed by atoms with Crippen molar-refractivity contribution in [3.05, 3.63) is 64.3 Å². The highest BCUT2D eigenvalue weighted by atomic mass is 32.2. The molecule has 2 atom stereocenters. The zero-order valence-electron chi connectivity index (χ0n) is 20.2. The van der Waals surface area contributed by atoms with E-state index in [0.717, 1.165) is 21.6 Å². The average molecular weight is 509 g/mol. The molecular weight excluding hydrogens is 480 g/mol. The molecule has 188 valence electrons. The van der Waals surface area contributed by atoms with Crippen LogP contribution >= 0.6 is 11.8 Å². The van der Waals surface area contributed by atoms with Gasteiger partial charge >= 0.3 is 6.09 Å². The Morgan fingerprint density at radius 3 is 2.86 bits per heavy atom. The van der Waals surface area contributed by atoms with Crippen molar-refractivity contribution >= 4 is 23.8 Å². The van der Waals surface area contributed by atoms with Gasteiger partial charge in [-0.2, -0.15) is 5.26 Å². The number of benzene rings is 1. The Morgan fingerprint density at radius 2 is 2.14 bits per heavy atom. The lowest BCUT2D eigenvalue weighted by molar-refractivity contribution is -0.121. The number of aryl methyl sites for hydroxylation is 1. The minimum Gasteiger partial charge on any atom is -0.497 e. The number of aromatic nitrogens is 1. The highest BCUT2D eigenvalue weighted by Gasteiger charge is 2.40. The molecule has 1 N–H and O–H groups in total. The van der Waals surface area contributed by atoms with E-state index in [0.29, 0.717) is 37.4 Å². The number of nitrogens with one attached hydrogen (secondary N) is 1. The van der Waals surface area contributed by atoms with Crippen LogP contribution in [-0.4, -0.2) is 54.6 Å². The predicted octanol–water partition coefficient (Wildman–Crippen LogP) is 3.66. The van der Waals surface area contributed by atoms with Crippen LogP contribution in [0.25, 0.3) is 0 Å². The standard InChI is InChI=1S/C26H28N4O5S/c1-33-19-6-7-22(34-2)18(12-19)5-8-24(31)29-25-21(13-27)20-9-11-30(15-23(20)36-25)26(32)35-16-17-4-3-10-28-14-17/h3-4,6-7,10,12,14,21,25H,5,8-9,11,15-16H2,1-2H3,(H,29,31). The normalized spacial score (nSPS) is 18.8. The maximum Gasteiger partial charge on any atom is 0.410 e. The third-order valence-electron chi connectivity index (χ3n) is 6.19. The van der Waals surface area contributed by atoms with Crippen LogP contribution in [0.3, 0.4) is 0 Å². The number of rotatable bonds is 8. The Balaban J connectivity index is 1.31. The molecule has 10 heteroatoms. The SMILES string of the molecule is COc1ccc(OC)c(CCC(=O)NC2SC3=C(CCN(C(=O)OCc4cccnc4)C3)C2C#N)c1. The minimum absolute atomic E-state index is 0.148. The summed E-state index contributed by atoms with van der Waals surface area (Å²) in [6.45, 7) is 0.997. The Bertz CT molecular complexity index is 1180. The van der Waals surface area contributed by atoms with E-state index >= 15 is 0 Å². The Morgan fingerprint density at radius 1 is 1.28 bits per heavy atom. The van der Waals surface area contributed by atoms with Crippen molar-refractivity contribution in [2.45, 2.75) is 31.2 Å². The molecule has 0 bridgehead atoms. The van der Waals surface area contributed by atoms with E-state index in [9.17, 15) is 14.9 Å². The smallest absolute Gasteiger partial charge is 0.410 e. The monoisotopic (exact) mass is 508 g/mol. The predicted molar refractivity (Wildman–Crippen MR) is 134 cm³/mol. The molecule has 0 aliphatic carbocycles. The summed E-state index contributed by atoms with van der Waals surface area (Å²) in [6, 6.07) is 11.5. The number of hydrogen-bond donors (Lipinski definition) is 1. The van der Waals surface area contributed by atoms with Crippen LogP contribution in [0.2, 0.25) is 0 Å². The Labute approximate surface area is 214 Å². The fourth-order valence-corrected chi connectivity index (χ4v) is 5.75. The first-order chi connectivity index (χ1) is 17.5. The van der Waals surface area contributed by atoms with E-state index in [2.05, 4.69) is 16.4 Å². The van der Waals surface area contributed by atoms with E-state index in [1.54, 1.807) is 37.6 Å². The van der Waals surface area contributed by atoms with Gasteiger partial charge < -0.3 is 24.4 Å². The van der Waals surface area contributed by atoms with Gasteiger partial charge in [0.25, 0.3) is 0 Å². The molecule has 2 amide bonds. The summed E-state index contributed by atoms with van der Waals surface area (Å²) in [4.78, 5) is 32.0. The molecule has 1 aromatic heterocycles. The van der Waals surface area contributed by atoms with Crippen molar-refractivity contribution in [3.8, 4) is 17.6 Å². The molecule has 1 aromatic carbocycles. The number of nitrogens with zero attached hydrogens (tertiary/aromatic N) is 3. The highest BCUT2D eigenvalue weighted by Crippen LogP contribution is 2.44. The van der Waals surface area contributed by atoms with Gasteiger partial charge in [-0.25, -0.2) is 4.79 Å². The van der Waals surface area contributed by atoms with Gasteiger partial charge in [0, 0.05) is 35.8 Å². The van der Waals surface area contributed by atoms with Gasteiger partial charge in [0.15, 0.2) is 0 Å². The van der Waals surface area contributed by atoms with Gasteiger partial charge in [-0.05, 0) is 48.2 Å². The van der Waals surface area contributed by atoms with Crippen molar-refractivity contribution in [3.63, 3.8) is 0 Å². The number of nitriles is 1. The summed E-state index contributed by atoms with van der Waals surface area (Å²) in [5.41, 5.74) is 2.69. The summed E-state index contributed by atoms with van der Waals surface area (Å²) < 4.78 is 16.1. The molecule has 4 rings (SSSR count). The van der Waals surface area contributed by atoms with E-state index in [4.69, 9.17) is 14.2 Å². The van der Waals surface area contributed by atoms with Crippen molar-refractivity contribution in [1.82, 2.24) is 15.2 Å². The van der Waals surface area contributed by atoms with Crippen LogP contribution in [0.1, 0.15) is 24.0 Å². The molecule has 2 aliphatic rings. The van der Waals surface area contributed by atoms with Crippen molar-refractivity contribution in [2.75, 3.05) is 27.3 Å². The molecule has 2 unspecified atom stereocenters. The molecule has 0 saturated heterocycles. The van der Waals surface area contributed by atoms with Crippen molar-refractivity contribution in [1.29, 1.82) is 5.26 Å². The van der Waals surface area contributed by atoms with Crippen molar-refractivity contribution in [2.24, 2.45) is 5.92 Å². The molecule has 0 radical (unpaired) electrons. The topological polar surface area (TPSA) is 114 Å². The lowest BCUT2D eigenvalue weighted by Gasteiger charge is -2.27. The summed E-state index contributed by atoms with van der Waals surface area (Å²) >= 11 is 1.45. The molecular formula is C26H28N4O5S. The van der Waals surface area contributed by atoms with Crippen LogP contribution in [0, 0.1) is 17.2 Å². The number of carbonyl (C=O) groups is 2. The fourth-order valence-electron chi connectivity index (χ4n) is 4.29. The third kappa shape index (κ3) is 5.91. The van der Waals surface area contributed by atoms with Gasteiger partial charge in [0.1, 0.15) is 18.1 Å². The zero-order valence-corrected chi connectivity index (χ0v) is 21.0. The summed E-state index contributed by atoms with van der Waals surface area (Å²) in [6.07, 6.45) is 4.22. The average Bonchev–Trinajstić information content (AvgIpc) is 3.26. The second kappa shape index (κ2) is 11.8. The van der Waals surface area contributed by atoms with Gasteiger partial charge in [-0.15, -0.1) is 11.8 Å². The van der Waals surface area contributed by atoms with Crippen LogP contribution in [0.15, 0.2) is 53.2 Å². The Kier molecular flexibility index (Phi) is 8.33. The number of thioether (sulfide) groups is 1. The van der Waals surface area contributed by atoms with Gasteiger partial charge in [-0.1, -0.05) is 6.07 Å². The van der Waals surface area contributed by atoms with Gasteiger partial charge in [0.2, 0.25) is 5.91 Å². The number of amides is 2. The first-order valence-electron chi connectivity index (χ1n) is 11.6. The quantitative estimate of drug-likeness (QED) is 0.575. The first kappa shape index (κ1) is 25.4. The number of pyridine rings is 1. The lowest BCUT2D eigenvalue weighted by atomic mass is 9.94. The zero-order chi connectivity index (χ0) is 25.5. The van der Waals surface area contributed by atoms with Crippen molar-refractivity contribution < 1.29 is 23.8 Å². The summed E-state index contributed by atoms with van der Waals surface area (Å²) in [5, 5.41) is 12.4. The maximum atomic E-state index is 12.8. The molecule has 3 heterocycles. The largest absolute Gasteiger partial charge is 0.497 e. The number of ether oxygens (including phenoxy) is 3. The Hall–Kier alpha value is -3.71. The lowest BCUT2D eigenvalue weighted by Crippen LogP contribution is -2.37. The number of methoxy groups -OCH3 is 2. The van der Waals surface area contributed by atoms with Gasteiger partial charge in [-0.3, -0.25) is 9.78 Å². The second-order valence-corrected chi connectivity index (χ2v) is 9.66. The third-order valence-corrected chi connectivity index (χ3v) is 7.51. The minimum atomic E-state index is -0.422. The van der Waals surface area contributed by atoms with E-state index < -0.39 is 12.0 Å². The van der Waals surface area contributed by atoms with Crippen LogP contribution in [-0.2, 0) is 22.6 Å².